The highest BCUT2D eigenvalue weighted by molar-refractivity contribution is 14.1. The number of halogens is 1. The summed E-state index contributed by atoms with van der Waals surface area (Å²) >= 11 is 2.87. The summed E-state index contributed by atoms with van der Waals surface area (Å²) in [4.78, 5) is 2.68. The van der Waals surface area contributed by atoms with Crippen LogP contribution < -0.4 is 0 Å². The van der Waals surface area contributed by atoms with Crippen LogP contribution in [0.1, 0.15) is 76.8 Å². The Labute approximate surface area is 162 Å². The Morgan fingerprint density at radius 2 is 1.83 bits per heavy atom. The lowest BCUT2D eigenvalue weighted by Crippen LogP contribution is -2.41. The quantitative estimate of drug-likeness (QED) is 0.377. The molecule has 3 unspecified atom stereocenters. The van der Waals surface area contributed by atoms with E-state index < -0.39 is 0 Å². The van der Waals surface area contributed by atoms with Crippen molar-refractivity contribution in [1.29, 1.82) is 0 Å². The smallest absolute Gasteiger partial charge is 0.0268 e. The number of hydrogen-bond donors (Lipinski definition) is 0. The number of rotatable bonds is 6. The molecule has 0 N–H and O–H groups in total. The van der Waals surface area contributed by atoms with Crippen molar-refractivity contribution < 1.29 is 0 Å². The van der Waals surface area contributed by atoms with Crippen LogP contribution in [0.5, 0.6) is 0 Å². The molecule has 1 fully saturated rings. The van der Waals surface area contributed by atoms with Gasteiger partial charge in [-0.1, -0.05) is 53.3 Å². The third kappa shape index (κ3) is 3.70. The van der Waals surface area contributed by atoms with Gasteiger partial charge in [-0.15, -0.1) is 0 Å². The highest BCUT2D eigenvalue weighted by Gasteiger charge is 2.46. The largest absolute Gasteiger partial charge is 0.298 e. The normalized spacial score (nSPS) is 29.8. The number of hydrogen-bond acceptors (Lipinski definition) is 1. The Bertz CT molecular complexity index is 545. The fraction of sp³-hybridized carbons (Fsp3) is 0.727. The van der Waals surface area contributed by atoms with E-state index in [1.165, 1.54) is 45.1 Å². The summed E-state index contributed by atoms with van der Waals surface area (Å²) in [6, 6.07) is 10.5. The van der Waals surface area contributed by atoms with Gasteiger partial charge in [0.25, 0.3) is 0 Å². The lowest BCUT2D eigenvalue weighted by Gasteiger charge is -2.38. The van der Waals surface area contributed by atoms with E-state index in [4.69, 9.17) is 0 Å². The van der Waals surface area contributed by atoms with Crippen molar-refractivity contribution in [2.45, 2.75) is 87.6 Å². The summed E-state index contributed by atoms with van der Waals surface area (Å²) in [6.45, 7) is 10.6. The van der Waals surface area contributed by atoms with E-state index in [9.17, 15) is 0 Å². The highest BCUT2D eigenvalue weighted by atomic mass is 127. The molecular weight excluding hydrogens is 405 g/mol. The molecule has 0 saturated heterocycles. The number of alkyl halides is 1. The summed E-state index contributed by atoms with van der Waals surface area (Å²) in [5.41, 5.74) is 3.30. The monoisotopic (exact) mass is 439 g/mol. The van der Waals surface area contributed by atoms with Crippen LogP contribution in [0, 0.1) is 5.92 Å². The predicted octanol–water partition coefficient (Wildman–Crippen LogP) is 6.20. The molecule has 0 amide bonds. The number of fused-ring (bicyclic) bond motifs is 1. The van der Waals surface area contributed by atoms with Gasteiger partial charge in [-0.25, -0.2) is 0 Å². The first kappa shape index (κ1) is 18.7. The molecule has 0 radical (unpaired) electrons. The fourth-order valence-electron chi connectivity index (χ4n) is 5.37. The first-order chi connectivity index (χ1) is 11.4. The molecule has 0 aliphatic heterocycles. The highest BCUT2D eigenvalue weighted by Crippen LogP contribution is 2.55. The van der Waals surface area contributed by atoms with Gasteiger partial charge in [0, 0.05) is 15.5 Å². The summed E-state index contributed by atoms with van der Waals surface area (Å²) in [5.74, 6) is 1.69. The van der Waals surface area contributed by atoms with Gasteiger partial charge in [0.15, 0.2) is 0 Å². The van der Waals surface area contributed by atoms with Crippen LogP contribution in [-0.2, 0) is 6.42 Å². The second kappa shape index (κ2) is 7.65. The molecule has 0 aromatic heterocycles. The average molecular weight is 439 g/mol. The number of aryl methyl sites for hydroxylation is 1. The van der Waals surface area contributed by atoms with Crippen LogP contribution in [0.15, 0.2) is 24.3 Å². The Morgan fingerprint density at radius 3 is 2.54 bits per heavy atom. The van der Waals surface area contributed by atoms with E-state index in [0.29, 0.717) is 15.5 Å². The maximum absolute atomic E-state index is 2.87. The van der Waals surface area contributed by atoms with E-state index in [2.05, 4.69) is 79.5 Å². The summed E-state index contributed by atoms with van der Waals surface area (Å²) < 4.78 is 0.502. The molecule has 2 aliphatic carbocycles. The first-order valence-electron chi connectivity index (χ1n) is 9.95. The van der Waals surface area contributed by atoms with Crippen molar-refractivity contribution in [3.8, 4) is 0 Å². The zero-order chi connectivity index (χ0) is 17.3. The van der Waals surface area contributed by atoms with Gasteiger partial charge in [-0.2, -0.15) is 0 Å². The molecule has 2 aliphatic rings. The third-order valence-electron chi connectivity index (χ3n) is 6.55. The third-order valence-corrected chi connectivity index (χ3v) is 8.43. The van der Waals surface area contributed by atoms with Gasteiger partial charge in [0.1, 0.15) is 0 Å². The van der Waals surface area contributed by atoms with E-state index in [-0.39, 0.29) is 0 Å². The maximum Gasteiger partial charge on any atom is 0.0268 e. The van der Waals surface area contributed by atoms with Gasteiger partial charge in [-0.3, -0.25) is 4.90 Å². The van der Waals surface area contributed by atoms with E-state index in [1.54, 1.807) is 11.1 Å². The molecule has 1 aromatic carbocycles. The maximum atomic E-state index is 2.87. The molecule has 0 heterocycles. The molecule has 0 bridgehead atoms. The molecule has 1 aromatic rings. The SMILES string of the molecule is CC(C)N(CCC1(I)CCCC1C1CCc2ccccc21)C(C)C. The minimum absolute atomic E-state index is 0.502. The van der Waals surface area contributed by atoms with Gasteiger partial charge in [0.2, 0.25) is 0 Å². The van der Waals surface area contributed by atoms with Crippen LogP contribution in [0.2, 0.25) is 0 Å². The summed E-state index contributed by atoms with van der Waals surface area (Å²) in [6.07, 6.45) is 8.32. The summed E-state index contributed by atoms with van der Waals surface area (Å²) in [5, 5.41) is 0. The average Bonchev–Trinajstić information content (AvgIpc) is 3.10. The molecule has 2 heteroatoms. The minimum atomic E-state index is 0.502. The lowest BCUT2D eigenvalue weighted by molar-refractivity contribution is 0.161. The van der Waals surface area contributed by atoms with Crippen LogP contribution >= 0.6 is 22.6 Å². The molecule has 134 valence electrons. The van der Waals surface area contributed by atoms with Crippen molar-refractivity contribution in [1.82, 2.24) is 4.90 Å². The predicted molar refractivity (Wildman–Crippen MR) is 113 cm³/mol. The molecule has 1 saturated carbocycles. The van der Waals surface area contributed by atoms with Crippen LogP contribution in [0.4, 0.5) is 0 Å². The van der Waals surface area contributed by atoms with Gasteiger partial charge >= 0.3 is 0 Å². The zero-order valence-corrected chi connectivity index (χ0v) is 18.1. The van der Waals surface area contributed by atoms with Crippen LogP contribution in [0.25, 0.3) is 0 Å². The van der Waals surface area contributed by atoms with Gasteiger partial charge in [0.05, 0.1) is 0 Å². The van der Waals surface area contributed by atoms with Gasteiger partial charge in [-0.05, 0) is 89.3 Å². The molecular formula is C22H34IN. The van der Waals surface area contributed by atoms with E-state index in [1.807, 2.05) is 0 Å². The topological polar surface area (TPSA) is 3.24 Å². The zero-order valence-electron chi connectivity index (χ0n) is 15.9. The Morgan fingerprint density at radius 1 is 1.12 bits per heavy atom. The van der Waals surface area contributed by atoms with Crippen molar-refractivity contribution in [3.05, 3.63) is 35.4 Å². The minimum Gasteiger partial charge on any atom is -0.298 e. The lowest BCUT2D eigenvalue weighted by atomic mass is 9.79. The molecule has 24 heavy (non-hydrogen) atoms. The van der Waals surface area contributed by atoms with E-state index in [0.717, 1.165) is 11.8 Å². The first-order valence-corrected chi connectivity index (χ1v) is 11.0. The summed E-state index contributed by atoms with van der Waals surface area (Å²) in [7, 11) is 0. The van der Waals surface area contributed by atoms with Crippen molar-refractivity contribution in [2.75, 3.05) is 6.54 Å². The van der Waals surface area contributed by atoms with Gasteiger partial charge < -0.3 is 0 Å². The van der Waals surface area contributed by atoms with Crippen molar-refractivity contribution in [3.63, 3.8) is 0 Å². The molecule has 3 rings (SSSR count). The molecule has 3 atom stereocenters. The number of nitrogens with zero attached hydrogens (tertiary/aromatic N) is 1. The Kier molecular flexibility index (Phi) is 5.96. The number of benzene rings is 1. The fourth-order valence-corrected chi connectivity index (χ4v) is 6.74. The standard InChI is InChI=1S/C22H34IN/c1-16(2)24(17(3)4)15-14-22(23)13-7-10-21(22)20-12-11-18-8-5-6-9-19(18)20/h5-6,8-9,16-17,20-21H,7,10-15H2,1-4H3. The van der Waals surface area contributed by atoms with E-state index >= 15 is 0 Å². The Hall–Kier alpha value is -0.0900. The Balaban J connectivity index is 1.73. The van der Waals surface area contributed by atoms with Crippen LogP contribution in [-0.4, -0.2) is 27.0 Å². The molecule has 0 spiro atoms. The van der Waals surface area contributed by atoms with Crippen molar-refractivity contribution in [2.24, 2.45) is 5.92 Å². The van der Waals surface area contributed by atoms with Crippen LogP contribution in [0.3, 0.4) is 0 Å². The second-order valence-electron chi connectivity index (χ2n) is 8.55. The molecule has 1 nitrogen and oxygen atoms in total. The second-order valence-corrected chi connectivity index (χ2v) is 10.7. The van der Waals surface area contributed by atoms with Crippen molar-refractivity contribution >= 4 is 22.6 Å².